The van der Waals surface area contributed by atoms with E-state index in [1.54, 1.807) is 20.5 Å². The molecule has 0 spiro atoms. The molecule has 198 valence electrons. The summed E-state index contributed by atoms with van der Waals surface area (Å²) < 4.78 is 24.9. The van der Waals surface area contributed by atoms with Crippen molar-refractivity contribution in [3.63, 3.8) is 0 Å². The third-order valence-corrected chi connectivity index (χ3v) is 7.40. The number of nitrogens with one attached hydrogen (secondary N) is 1. The second kappa shape index (κ2) is 14.3. The Morgan fingerprint density at radius 2 is 2.03 bits per heavy atom. The normalized spacial score (nSPS) is 18.0. The van der Waals surface area contributed by atoms with Gasteiger partial charge in [0.1, 0.15) is 35.5 Å². The Hall–Kier alpha value is -1.76. The summed E-state index contributed by atoms with van der Waals surface area (Å²) in [5.74, 6) is 2.71. The fraction of sp³-hybridized carbons (Fsp3) is 0.538. The molecule has 1 fully saturated rings. The Morgan fingerprint density at radius 1 is 1.22 bits per heavy atom. The number of fused-ring (bicyclic) bond motifs is 1. The molecule has 0 bridgehead atoms. The molecule has 0 saturated carbocycles. The Morgan fingerprint density at radius 3 is 2.72 bits per heavy atom. The third-order valence-electron chi connectivity index (χ3n) is 6.42. The molecule has 1 aliphatic rings. The lowest BCUT2D eigenvalue weighted by Gasteiger charge is -2.16. The van der Waals surface area contributed by atoms with Crippen molar-refractivity contribution < 1.29 is 18.4 Å². The van der Waals surface area contributed by atoms with Crippen molar-refractivity contribution in [2.75, 3.05) is 26.1 Å². The van der Waals surface area contributed by atoms with Crippen LogP contribution in [-0.4, -0.2) is 41.5 Å². The SMILES string of the molecule is CC.CCC(C)c1cn(C2CCC(COSI)O2)c2ncnc(NCc3ccc(OC)cc3OC)c12. The second-order valence-electron chi connectivity index (χ2n) is 8.39. The van der Waals surface area contributed by atoms with Crippen LogP contribution in [0.2, 0.25) is 0 Å². The molecule has 3 aromatic rings. The van der Waals surface area contributed by atoms with Crippen molar-refractivity contribution in [2.45, 2.75) is 71.8 Å². The summed E-state index contributed by atoms with van der Waals surface area (Å²) in [6.45, 7) is 9.60. The van der Waals surface area contributed by atoms with Gasteiger partial charge < -0.3 is 28.3 Å². The number of hydrogen-bond acceptors (Lipinski definition) is 8. The Balaban J connectivity index is 0.00000176. The van der Waals surface area contributed by atoms with E-state index in [0.29, 0.717) is 19.1 Å². The molecule has 36 heavy (non-hydrogen) atoms. The zero-order valence-electron chi connectivity index (χ0n) is 21.9. The lowest BCUT2D eigenvalue weighted by atomic mass is 9.99. The predicted octanol–water partition coefficient (Wildman–Crippen LogP) is 7.29. The molecule has 1 aliphatic heterocycles. The van der Waals surface area contributed by atoms with E-state index < -0.39 is 0 Å². The molecular formula is C26H37IN4O4S. The van der Waals surface area contributed by atoms with Gasteiger partial charge in [-0.25, -0.2) is 9.97 Å². The van der Waals surface area contributed by atoms with Crippen LogP contribution in [0.15, 0.2) is 30.7 Å². The van der Waals surface area contributed by atoms with Crippen LogP contribution in [0.3, 0.4) is 0 Å². The Bertz CT molecular complexity index is 1110. The highest BCUT2D eigenvalue weighted by molar-refractivity contribution is 14.2. The standard InChI is InChI=1S/C24H31IN4O4S.C2H6/c1-5-15(2)19-12-29(21-9-8-18(33-21)13-32-34-25)24-22(19)23(27-14-28-24)26-11-16-6-7-17(30-3)10-20(16)31-4;1-2/h6-7,10,12,14-15,18,21H,5,8-9,11,13H2,1-4H3,(H,26,27,28);1-2H3. The van der Waals surface area contributed by atoms with E-state index in [4.69, 9.17) is 18.4 Å². The van der Waals surface area contributed by atoms with Gasteiger partial charge in [-0.2, -0.15) is 0 Å². The number of aromatic nitrogens is 3. The third kappa shape index (κ3) is 6.56. The summed E-state index contributed by atoms with van der Waals surface area (Å²) in [4.78, 5) is 9.29. The lowest BCUT2D eigenvalue weighted by Crippen LogP contribution is -2.15. The van der Waals surface area contributed by atoms with Crippen molar-refractivity contribution >= 4 is 47.3 Å². The molecule has 2 aromatic heterocycles. The van der Waals surface area contributed by atoms with Crippen LogP contribution in [0.5, 0.6) is 11.5 Å². The molecular weight excluding hydrogens is 591 g/mol. The second-order valence-corrected chi connectivity index (χ2v) is 9.83. The van der Waals surface area contributed by atoms with Crippen LogP contribution < -0.4 is 14.8 Å². The topological polar surface area (TPSA) is 79.7 Å². The summed E-state index contributed by atoms with van der Waals surface area (Å²) in [6, 6.07) is 5.83. The number of rotatable bonds is 11. The van der Waals surface area contributed by atoms with Crippen LogP contribution in [-0.2, 0) is 15.5 Å². The van der Waals surface area contributed by atoms with Gasteiger partial charge in [0.25, 0.3) is 0 Å². The molecule has 1 saturated heterocycles. The summed E-state index contributed by atoms with van der Waals surface area (Å²) in [5, 5.41) is 4.58. The highest BCUT2D eigenvalue weighted by Gasteiger charge is 2.30. The van der Waals surface area contributed by atoms with E-state index >= 15 is 0 Å². The lowest BCUT2D eigenvalue weighted by molar-refractivity contribution is -0.0122. The van der Waals surface area contributed by atoms with E-state index in [-0.39, 0.29) is 12.3 Å². The van der Waals surface area contributed by atoms with Crippen LogP contribution in [0.4, 0.5) is 5.82 Å². The zero-order chi connectivity index (χ0) is 26.1. The van der Waals surface area contributed by atoms with E-state index in [9.17, 15) is 0 Å². The van der Waals surface area contributed by atoms with Gasteiger partial charge in [-0.15, -0.1) is 0 Å². The largest absolute Gasteiger partial charge is 0.497 e. The fourth-order valence-electron chi connectivity index (χ4n) is 4.35. The van der Waals surface area contributed by atoms with Crippen LogP contribution in [0, 0.1) is 0 Å². The van der Waals surface area contributed by atoms with Gasteiger partial charge in [-0.3, -0.25) is 0 Å². The minimum atomic E-state index is -0.0578. The average Bonchev–Trinajstić information content (AvgIpc) is 3.56. The monoisotopic (exact) mass is 628 g/mol. The van der Waals surface area contributed by atoms with Gasteiger partial charge in [-0.05, 0) is 42.9 Å². The molecule has 1 aromatic carbocycles. The van der Waals surface area contributed by atoms with Crippen molar-refractivity contribution in [3.05, 3.63) is 41.9 Å². The van der Waals surface area contributed by atoms with E-state index in [2.05, 4.69) is 61.1 Å². The maximum absolute atomic E-state index is 6.32. The molecule has 10 heteroatoms. The molecule has 0 aliphatic carbocycles. The van der Waals surface area contributed by atoms with Crippen LogP contribution >= 0.6 is 30.4 Å². The quantitative estimate of drug-likeness (QED) is 0.175. The number of benzene rings is 1. The van der Waals surface area contributed by atoms with Crippen LogP contribution in [0.1, 0.15) is 70.2 Å². The first-order valence-electron chi connectivity index (χ1n) is 12.4. The maximum Gasteiger partial charge on any atom is 0.147 e. The summed E-state index contributed by atoms with van der Waals surface area (Å²) in [7, 11) is 4.67. The zero-order valence-corrected chi connectivity index (χ0v) is 24.9. The molecule has 8 nitrogen and oxygen atoms in total. The van der Waals surface area contributed by atoms with Gasteiger partial charge in [0.15, 0.2) is 0 Å². The first-order chi connectivity index (χ1) is 17.6. The molecule has 1 N–H and O–H groups in total. The minimum absolute atomic E-state index is 0.0578. The van der Waals surface area contributed by atoms with Crippen molar-refractivity contribution in [1.29, 1.82) is 0 Å². The number of hydrogen-bond donors (Lipinski definition) is 1. The highest BCUT2D eigenvalue weighted by Crippen LogP contribution is 2.38. The van der Waals surface area contributed by atoms with Crippen molar-refractivity contribution in [1.82, 2.24) is 14.5 Å². The smallest absolute Gasteiger partial charge is 0.147 e. The van der Waals surface area contributed by atoms with E-state index in [0.717, 1.165) is 53.2 Å². The molecule has 0 amide bonds. The first-order valence-corrected chi connectivity index (χ1v) is 15.7. The van der Waals surface area contributed by atoms with Gasteiger partial charge >= 0.3 is 0 Å². The molecule has 0 radical (unpaired) electrons. The molecule has 4 rings (SSSR count). The average molecular weight is 629 g/mol. The van der Waals surface area contributed by atoms with Gasteiger partial charge in [0.2, 0.25) is 0 Å². The minimum Gasteiger partial charge on any atom is -0.497 e. The summed E-state index contributed by atoms with van der Waals surface area (Å²) in [6.07, 6.45) is 6.78. The van der Waals surface area contributed by atoms with Gasteiger partial charge in [0.05, 0.1) is 41.5 Å². The maximum atomic E-state index is 6.32. The predicted molar refractivity (Wildman–Crippen MR) is 155 cm³/mol. The molecule has 3 atom stereocenters. The molecule has 3 heterocycles. The number of anilines is 1. The van der Waals surface area contributed by atoms with Gasteiger partial charge in [0, 0.05) is 45.6 Å². The Labute approximate surface area is 230 Å². The van der Waals surface area contributed by atoms with Crippen molar-refractivity contribution in [3.8, 4) is 11.5 Å². The van der Waals surface area contributed by atoms with E-state index in [1.165, 1.54) is 14.8 Å². The fourth-order valence-corrected chi connectivity index (χ4v) is 5.00. The van der Waals surface area contributed by atoms with Gasteiger partial charge in [-0.1, -0.05) is 27.7 Å². The summed E-state index contributed by atoms with van der Waals surface area (Å²) >= 11 is 2.14. The first kappa shape index (κ1) is 28.8. The van der Waals surface area contributed by atoms with Crippen LogP contribution in [0.25, 0.3) is 11.0 Å². The number of halogens is 1. The number of methoxy groups -OCH3 is 2. The summed E-state index contributed by atoms with van der Waals surface area (Å²) in [5.41, 5.74) is 3.15. The van der Waals surface area contributed by atoms with Crippen molar-refractivity contribution in [2.24, 2.45) is 0 Å². The number of nitrogens with zero attached hydrogens (tertiary/aromatic N) is 3. The highest BCUT2D eigenvalue weighted by atomic mass is 127. The Kier molecular flexibility index (Phi) is 11.4. The number of ether oxygens (including phenoxy) is 3. The van der Waals surface area contributed by atoms with E-state index in [1.807, 2.05) is 32.0 Å². The molecule has 3 unspecified atom stereocenters.